The summed E-state index contributed by atoms with van der Waals surface area (Å²) >= 11 is 0. The van der Waals surface area contributed by atoms with E-state index in [-0.39, 0.29) is 24.9 Å². The molecule has 42 heavy (non-hydrogen) atoms. The van der Waals surface area contributed by atoms with Crippen LogP contribution in [0.3, 0.4) is 0 Å². The number of ether oxygens (including phenoxy) is 1. The number of rotatable bonds is 8. The van der Waals surface area contributed by atoms with E-state index in [1.807, 2.05) is 32.0 Å². The van der Waals surface area contributed by atoms with E-state index in [1.54, 1.807) is 4.90 Å². The molecule has 4 atom stereocenters. The fraction of sp³-hybridized carbons (Fsp3) is 0.645. The van der Waals surface area contributed by atoms with Crippen LogP contribution in [0.25, 0.3) is 0 Å². The SMILES string of the molecule is CCCC1(NC2CC2)C(=O)C(=O)N1C(=O)[C@@H]1C[C@@H](OC(=O)N2CCc3ccccc3C2)CN1C(=O)C(C)N1CCCC1. The van der Waals surface area contributed by atoms with Crippen LogP contribution in [0.4, 0.5) is 4.79 Å². The van der Waals surface area contributed by atoms with Gasteiger partial charge in [-0.2, -0.15) is 0 Å². The lowest BCUT2D eigenvalue weighted by Crippen LogP contribution is -2.81. The highest BCUT2D eigenvalue weighted by Gasteiger charge is 2.65. The van der Waals surface area contributed by atoms with Crippen molar-refractivity contribution in [2.75, 3.05) is 26.2 Å². The number of benzene rings is 1. The average molecular weight is 580 g/mol. The van der Waals surface area contributed by atoms with Crippen LogP contribution in [0.15, 0.2) is 24.3 Å². The van der Waals surface area contributed by atoms with E-state index < -0.39 is 47.5 Å². The van der Waals surface area contributed by atoms with E-state index in [0.29, 0.717) is 25.9 Å². The number of hydrogen-bond acceptors (Lipinski definition) is 8. The molecule has 4 fully saturated rings. The van der Waals surface area contributed by atoms with Gasteiger partial charge in [-0.1, -0.05) is 37.6 Å². The van der Waals surface area contributed by atoms with Gasteiger partial charge in [0.2, 0.25) is 5.91 Å². The zero-order chi connectivity index (χ0) is 29.6. The summed E-state index contributed by atoms with van der Waals surface area (Å²) < 4.78 is 5.93. The van der Waals surface area contributed by atoms with E-state index in [4.69, 9.17) is 4.74 Å². The van der Waals surface area contributed by atoms with E-state index >= 15 is 0 Å². The third-order valence-electron chi connectivity index (χ3n) is 9.54. The van der Waals surface area contributed by atoms with Crippen LogP contribution < -0.4 is 5.32 Å². The molecular formula is C31H41N5O6. The maximum absolute atomic E-state index is 14.2. The molecule has 1 saturated carbocycles. The Balaban J connectivity index is 1.22. The lowest BCUT2D eigenvalue weighted by atomic mass is 9.85. The molecule has 0 spiro atoms. The highest BCUT2D eigenvalue weighted by molar-refractivity contribution is 6.49. The molecule has 4 heterocycles. The van der Waals surface area contributed by atoms with Gasteiger partial charge in [-0.25, -0.2) is 9.69 Å². The number of carbonyl (C=O) groups is 5. The van der Waals surface area contributed by atoms with Gasteiger partial charge in [0, 0.05) is 25.6 Å². The molecule has 5 aliphatic rings. The van der Waals surface area contributed by atoms with E-state index in [1.165, 1.54) is 10.5 Å². The molecule has 226 valence electrons. The largest absolute Gasteiger partial charge is 0.444 e. The van der Waals surface area contributed by atoms with Crippen molar-refractivity contribution in [1.82, 2.24) is 24.9 Å². The van der Waals surface area contributed by atoms with Crippen LogP contribution in [-0.2, 0) is 36.9 Å². The predicted molar refractivity (Wildman–Crippen MR) is 152 cm³/mol. The van der Waals surface area contributed by atoms with E-state index in [9.17, 15) is 24.0 Å². The molecule has 11 nitrogen and oxygen atoms in total. The normalized spacial score (nSPS) is 28.5. The third-order valence-corrected chi connectivity index (χ3v) is 9.54. The summed E-state index contributed by atoms with van der Waals surface area (Å²) in [5.41, 5.74) is 0.924. The van der Waals surface area contributed by atoms with Gasteiger partial charge in [0.15, 0.2) is 5.66 Å². The van der Waals surface area contributed by atoms with Crippen LogP contribution in [-0.4, -0.2) is 105 Å². The van der Waals surface area contributed by atoms with Crippen LogP contribution in [0.5, 0.6) is 0 Å². The molecule has 1 aromatic rings. The topological polar surface area (TPSA) is 120 Å². The van der Waals surface area contributed by atoms with E-state index in [2.05, 4.69) is 16.3 Å². The number of Topliss-reactive ketones (excluding diaryl/α,β-unsaturated/α-hetero) is 1. The van der Waals surface area contributed by atoms with Gasteiger partial charge in [0.25, 0.3) is 11.7 Å². The maximum Gasteiger partial charge on any atom is 0.410 e. The highest BCUT2D eigenvalue weighted by Crippen LogP contribution is 2.37. The Morgan fingerprint density at radius 3 is 2.48 bits per heavy atom. The highest BCUT2D eigenvalue weighted by atomic mass is 16.6. The Hall–Kier alpha value is -3.31. The molecular weight excluding hydrogens is 538 g/mol. The molecule has 6 rings (SSSR count). The Morgan fingerprint density at radius 2 is 1.79 bits per heavy atom. The zero-order valence-corrected chi connectivity index (χ0v) is 24.5. The number of nitrogens with zero attached hydrogens (tertiary/aromatic N) is 4. The van der Waals surface area contributed by atoms with Crippen molar-refractivity contribution in [3.8, 4) is 0 Å². The second kappa shape index (κ2) is 11.4. The summed E-state index contributed by atoms with van der Waals surface area (Å²) in [6.07, 6.45) is 4.33. The van der Waals surface area contributed by atoms with Crippen molar-refractivity contribution in [1.29, 1.82) is 0 Å². The summed E-state index contributed by atoms with van der Waals surface area (Å²) in [5.74, 6) is -2.24. The van der Waals surface area contributed by atoms with Crippen molar-refractivity contribution >= 4 is 29.6 Å². The molecule has 2 unspecified atom stereocenters. The smallest absolute Gasteiger partial charge is 0.410 e. The fourth-order valence-corrected chi connectivity index (χ4v) is 7.05. The molecule has 1 aliphatic carbocycles. The number of nitrogens with one attached hydrogen (secondary N) is 1. The Bertz CT molecular complexity index is 1280. The number of ketones is 1. The number of fused-ring (bicyclic) bond motifs is 1. The molecule has 0 radical (unpaired) electrons. The van der Waals surface area contributed by atoms with Gasteiger partial charge in [0.1, 0.15) is 12.1 Å². The van der Waals surface area contributed by atoms with Crippen molar-refractivity contribution in [3.05, 3.63) is 35.4 Å². The maximum atomic E-state index is 14.2. The number of hydrogen-bond donors (Lipinski definition) is 1. The summed E-state index contributed by atoms with van der Waals surface area (Å²) in [5, 5.41) is 3.28. The molecule has 1 aromatic carbocycles. The van der Waals surface area contributed by atoms with Crippen LogP contribution in [0.2, 0.25) is 0 Å². The van der Waals surface area contributed by atoms with Gasteiger partial charge in [0.05, 0.1) is 12.6 Å². The minimum Gasteiger partial charge on any atom is -0.444 e. The molecule has 1 N–H and O–H groups in total. The molecule has 0 bridgehead atoms. The predicted octanol–water partition coefficient (Wildman–Crippen LogP) is 1.82. The number of amides is 4. The quantitative estimate of drug-likeness (QED) is 0.282. The monoisotopic (exact) mass is 579 g/mol. The first-order chi connectivity index (χ1) is 20.2. The number of imide groups is 1. The third kappa shape index (κ3) is 5.10. The van der Waals surface area contributed by atoms with Gasteiger partial charge in [-0.3, -0.25) is 29.4 Å². The summed E-state index contributed by atoms with van der Waals surface area (Å²) in [4.78, 5) is 73.5. The lowest BCUT2D eigenvalue weighted by molar-refractivity contribution is -0.182. The van der Waals surface area contributed by atoms with Crippen molar-refractivity contribution in [2.24, 2.45) is 0 Å². The number of carbonyl (C=O) groups excluding carboxylic acids is 5. The first kappa shape index (κ1) is 28.8. The van der Waals surface area contributed by atoms with Crippen LogP contribution in [0, 0.1) is 0 Å². The fourth-order valence-electron chi connectivity index (χ4n) is 7.05. The average Bonchev–Trinajstić information content (AvgIpc) is 3.45. The standard InChI is InChI=1S/C31H41N5O6/c1-3-13-31(32-23-10-11-23)26(37)29(40)36(31)28(39)25-17-24(19-35(25)27(38)20(2)33-14-6-7-15-33)42-30(41)34-16-12-21-8-4-5-9-22(21)18-34/h4-5,8-9,20,23-25,32H,3,6-7,10-19H2,1-2H3/t20?,24-,25+,31?/m1/s1. The zero-order valence-electron chi connectivity index (χ0n) is 24.5. The molecule has 4 amide bonds. The Morgan fingerprint density at radius 1 is 1.07 bits per heavy atom. The molecule has 4 aliphatic heterocycles. The van der Waals surface area contributed by atoms with Crippen molar-refractivity contribution < 1.29 is 28.7 Å². The summed E-state index contributed by atoms with van der Waals surface area (Å²) in [7, 11) is 0. The molecule has 11 heteroatoms. The summed E-state index contributed by atoms with van der Waals surface area (Å²) in [6, 6.07) is 6.64. The Kier molecular flexibility index (Phi) is 7.82. The van der Waals surface area contributed by atoms with Crippen LogP contribution >= 0.6 is 0 Å². The van der Waals surface area contributed by atoms with E-state index in [0.717, 1.165) is 55.7 Å². The minimum atomic E-state index is -1.37. The van der Waals surface area contributed by atoms with Gasteiger partial charge < -0.3 is 14.5 Å². The van der Waals surface area contributed by atoms with Crippen molar-refractivity contribution in [3.63, 3.8) is 0 Å². The second-order valence-electron chi connectivity index (χ2n) is 12.4. The van der Waals surface area contributed by atoms with Crippen LogP contribution in [0.1, 0.15) is 69.9 Å². The van der Waals surface area contributed by atoms with Gasteiger partial charge in [-0.05, 0) is 69.7 Å². The first-order valence-corrected chi connectivity index (χ1v) is 15.5. The molecule has 3 saturated heterocycles. The lowest BCUT2D eigenvalue weighted by Gasteiger charge is -2.50. The minimum absolute atomic E-state index is 0.0659. The first-order valence-electron chi connectivity index (χ1n) is 15.5. The van der Waals surface area contributed by atoms with Crippen molar-refractivity contribution in [2.45, 2.75) is 102 Å². The number of likely N-dealkylation sites (tertiary alicyclic amines) is 3. The van der Waals surface area contributed by atoms with Gasteiger partial charge in [-0.15, -0.1) is 0 Å². The Labute approximate surface area is 246 Å². The second-order valence-corrected chi connectivity index (χ2v) is 12.4. The number of β-lactam (4-membered cyclic amide) rings is 1. The summed E-state index contributed by atoms with van der Waals surface area (Å²) in [6.45, 7) is 6.39. The van der Waals surface area contributed by atoms with Gasteiger partial charge >= 0.3 is 12.0 Å². The molecule has 0 aromatic heterocycles.